The zero-order valence-corrected chi connectivity index (χ0v) is 7.46. The molecule has 0 unspecified atom stereocenters. The number of unbranched alkanes of at least 4 members (excludes halogenated alkanes) is 1. The molecule has 0 saturated carbocycles. The molecule has 0 radical (unpaired) electrons. The fourth-order valence-electron chi connectivity index (χ4n) is 1.05. The number of hydrogen-bond acceptors (Lipinski definition) is 1. The molecule has 0 aromatic heterocycles. The van der Waals surface area contributed by atoms with E-state index in [1.807, 2.05) is 30.3 Å². The van der Waals surface area contributed by atoms with Gasteiger partial charge in [0.25, 0.3) is 0 Å². The minimum absolute atomic E-state index is 0.887. The Morgan fingerprint density at radius 3 is 2.58 bits per heavy atom. The standard InChI is InChI=1S/C11H15N/c1-2-3-9-11(12)10-7-5-4-6-8-10/h4-9H,2-3,12H2,1H3/b11-9-. The van der Waals surface area contributed by atoms with Gasteiger partial charge in [-0.05, 0) is 12.0 Å². The molecule has 0 saturated heterocycles. The van der Waals surface area contributed by atoms with Gasteiger partial charge in [0.15, 0.2) is 0 Å². The molecule has 0 amide bonds. The lowest BCUT2D eigenvalue weighted by Gasteiger charge is -1.99. The van der Waals surface area contributed by atoms with E-state index in [2.05, 4.69) is 13.0 Å². The molecule has 0 aliphatic heterocycles. The summed E-state index contributed by atoms with van der Waals surface area (Å²) in [6, 6.07) is 10.1. The number of nitrogens with two attached hydrogens (primary N) is 1. The van der Waals surface area contributed by atoms with Crippen molar-refractivity contribution in [3.8, 4) is 0 Å². The maximum atomic E-state index is 5.84. The summed E-state index contributed by atoms with van der Waals surface area (Å²) >= 11 is 0. The number of benzene rings is 1. The molecule has 2 N–H and O–H groups in total. The Morgan fingerprint density at radius 2 is 2.00 bits per heavy atom. The van der Waals surface area contributed by atoms with Crippen molar-refractivity contribution in [2.75, 3.05) is 0 Å². The smallest absolute Gasteiger partial charge is 0.0347 e. The van der Waals surface area contributed by atoms with Gasteiger partial charge in [-0.2, -0.15) is 0 Å². The van der Waals surface area contributed by atoms with Crippen molar-refractivity contribution in [3.63, 3.8) is 0 Å². The minimum atomic E-state index is 0.887. The molecule has 12 heavy (non-hydrogen) atoms. The molecule has 64 valence electrons. The summed E-state index contributed by atoms with van der Waals surface area (Å²) in [5, 5.41) is 0. The van der Waals surface area contributed by atoms with Crippen molar-refractivity contribution < 1.29 is 0 Å². The maximum Gasteiger partial charge on any atom is 0.0347 e. The molecule has 0 atom stereocenters. The lowest BCUT2D eigenvalue weighted by Crippen LogP contribution is -1.95. The van der Waals surface area contributed by atoms with Crippen LogP contribution in [0.25, 0.3) is 5.70 Å². The van der Waals surface area contributed by atoms with Gasteiger partial charge < -0.3 is 5.73 Å². The third kappa shape index (κ3) is 2.42. The minimum Gasteiger partial charge on any atom is -0.399 e. The van der Waals surface area contributed by atoms with Crippen molar-refractivity contribution in [2.24, 2.45) is 5.73 Å². The van der Waals surface area contributed by atoms with Crippen LogP contribution in [-0.4, -0.2) is 0 Å². The maximum absolute atomic E-state index is 5.84. The summed E-state index contributed by atoms with van der Waals surface area (Å²) in [5.41, 5.74) is 7.85. The van der Waals surface area contributed by atoms with E-state index in [1.54, 1.807) is 0 Å². The van der Waals surface area contributed by atoms with Gasteiger partial charge in [-0.25, -0.2) is 0 Å². The van der Waals surface area contributed by atoms with Gasteiger partial charge in [-0.15, -0.1) is 0 Å². The van der Waals surface area contributed by atoms with E-state index in [9.17, 15) is 0 Å². The average Bonchev–Trinajstić information content (AvgIpc) is 2.15. The molecule has 0 bridgehead atoms. The lowest BCUT2D eigenvalue weighted by molar-refractivity contribution is 0.958. The molecular formula is C11H15N. The molecule has 1 aromatic carbocycles. The molecular weight excluding hydrogens is 146 g/mol. The number of hydrogen-bond donors (Lipinski definition) is 1. The Bertz CT molecular complexity index is 249. The van der Waals surface area contributed by atoms with Crippen LogP contribution in [0.4, 0.5) is 0 Å². The first-order chi connectivity index (χ1) is 5.84. The van der Waals surface area contributed by atoms with Gasteiger partial charge in [0, 0.05) is 5.70 Å². The van der Waals surface area contributed by atoms with Gasteiger partial charge in [-0.1, -0.05) is 49.8 Å². The van der Waals surface area contributed by atoms with E-state index in [0.29, 0.717) is 0 Å². The largest absolute Gasteiger partial charge is 0.399 e. The fourth-order valence-corrected chi connectivity index (χ4v) is 1.05. The summed E-state index contributed by atoms with van der Waals surface area (Å²) in [5.74, 6) is 0. The predicted octanol–water partition coefficient (Wildman–Crippen LogP) is 2.79. The summed E-state index contributed by atoms with van der Waals surface area (Å²) in [6.07, 6.45) is 4.28. The molecule has 0 fully saturated rings. The summed E-state index contributed by atoms with van der Waals surface area (Å²) in [4.78, 5) is 0. The molecule has 0 aliphatic rings. The first kappa shape index (κ1) is 8.85. The van der Waals surface area contributed by atoms with Crippen LogP contribution >= 0.6 is 0 Å². The van der Waals surface area contributed by atoms with Gasteiger partial charge >= 0.3 is 0 Å². The highest BCUT2D eigenvalue weighted by atomic mass is 14.6. The quantitative estimate of drug-likeness (QED) is 0.724. The lowest BCUT2D eigenvalue weighted by atomic mass is 10.1. The van der Waals surface area contributed by atoms with E-state index < -0.39 is 0 Å². The number of allylic oxidation sites excluding steroid dienone is 1. The van der Waals surface area contributed by atoms with E-state index in [4.69, 9.17) is 5.73 Å². The Kier molecular flexibility index (Phi) is 3.39. The van der Waals surface area contributed by atoms with Crippen LogP contribution < -0.4 is 5.73 Å². The second-order valence-corrected chi connectivity index (χ2v) is 2.81. The van der Waals surface area contributed by atoms with E-state index in [-0.39, 0.29) is 0 Å². The molecule has 1 aromatic rings. The van der Waals surface area contributed by atoms with Gasteiger partial charge in [0.05, 0.1) is 0 Å². The van der Waals surface area contributed by atoms with Crippen LogP contribution in [0.15, 0.2) is 36.4 Å². The van der Waals surface area contributed by atoms with Crippen molar-refractivity contribution in [2.45, 2.75) is 19.8 Å². The SMILES string of the molecule is CCC/C=C(\N)c1ccccc1. The van der Waals surface area contributed by atoms with Crippen molar-refractivity contribution >= 4 is 5.70 Å². The third-order valence-electron chi connectivity index (χ3n) is 1.76. The Hall–Kier alpha value is -1.24. The van der Waals surface area contributed by atoms with E-state index in [1.165, 1.54) is 0 Å². The van der Waals surface area contributed by atoms with Crippen molar-refractivity contribution in [1.82, 2.24) is 0 Å². The second kappa shape index (κ2) is 4.60. The Labute approximate surface area is 73.9 Å². The number of rotatable bonds is 3. The van der Waals surface area contributed by atoms with Crippen LogP contribution in [0.1, 0.15) is 25.3 Å². The van der Waals surface area contributed by atoms with Crippen LogP contribution in [0.5, 0.6) is 0 Å². The summed E-state index contributed by atoms with van der Waals surface area (Å²) in [6.45, 7) is 2.15. The van der Waals surface area contributed by atoms with Crippen molar-refractivity contribution in [1.29, 1.82) is 0 Å². The van der Waals surface area contributed by atoms with E-state index in [0.717, 1.165) is 24.1 Å². The van der Waals surface area contributed by atoms with Crippen molar-refractivity contribution in [3.05, 3.63) is 42.0 Å². The summed E-state index contributed by atoms with van der Waals surface area (Å²) in [7, 11) is 0. The Balaban J connectivity index is 2.71. The van der Waals surface area contributed by atoms with Crippen LogP contribution in [0, 0.1) is 0 Å². The summed E-state index contributed by atoms with van der Waals surface area (Å²) < 4.78 is 0. The van der Waals surface area contributed by atoms with Gasteiger partial charge in [-0.3, -0.25) is 0 Å². The first-order valence-corrected chi connectivity index (χ1v) is 4.35. The third-order valence-corrected chi connectivity index (χ3v) is 1.76. The van der Waals surface area contributed by atoms with Crippen LogP contribution in [0.3, 0.4) is 0 Å². The zero-order valence-electron chi connectivity index (χ0n) is 7.46. The normalized spacial score (nSPS) is 11.6. The van der Waals surface area contributed by atoms with E-state index >= 15 is 0 Å². The second-order valence-electron chi connectivity index (χ2n) is 2.81. The average molecular weight is 161 g/mol. The van der Waals surface area contributed by atoms with Crippen LogP contribution in [-0.2, 0) is 0 Å². The Morgan fingerprint density at radius 1 is 1.33 bits per heavy atom. The van der Waals surface area contributed by atoms with Gasteiger partial charge in [0.1, 0.15) is 0 Å². The highest BCUT2D eigenvalue weighted by Gasteiger charge is 1.91. The topological polar surface area (TPSA) is 26.0 Å². The fraction of sp³-hybridized carbons (Fsp3) is 0.273. The molecule has 0 aliphatic carbocycles. The molecule has 0 spiro atoms. The van der Waals surface area contributed by atoms with Gasteiger partial charge in [0.2, 0.25) is 0 Å². The molecule has 0 heterocycles. The molecule has 1 nitrogen and oxygen atoms in total. The molecule has 1 rings (SSSR count). The highest BCUT2D eigenvalue weighted by molar-refractivity contribution is 5.62. The first-order valence-electron chi connectivity index (χ1n) is 4.35. The zero-order chi connectivity index (χ0) is 8.81. The van der Waals surface area contributed by atoms with Crippen LogP contribution in [0.2, 0.25) is 0 Å². The monoisotopic (exact) mass is 161 g/mol. The highest BCUT2D eigenvalue weighted by Crippen LogP contribution is 2.08. The molecule has 1 heteroatoms. The predicted molar refractivity (Wildman–Crippen MR) is 53.5 cm³/mol.